The van der Waals surface area contributed by atoms with Crippen LogP contribution in [0.4, 0.5) is 5.69 Å². The standard InChI is InChI=1S/C19H21N7O3/c1-12(2)26-19-14(8-21-26)22-17(27)15(10-29-19)23-18(28)16-20-11-25(24-16)9-13-6-4-3-5-7-13/h3-8,11-12,15H,9-10H2,1-2H3,(H,22,27)(H,23,28). The van der Waals surface area contributed by atoms with Crippen LogP contribution in [-0.4, -0.2) is 49.0 Å². The molecule has 1 unspecified atom stereocenters. The van der Waals surface area contributed by atoms with Crippen LogP contribution in [0.3, 0.4) is 0 Å². The summed E-state index contributed by atoms with van der Waals surface area (Å²) in [4.78, 5) is 29.0. The van der Waals surface area contributed by atoms with Crippen LogP contribution in [0.5, 0.6) is 5.88 Å². The predicted molar refractivity (Wildman–Crippen MR) is 104 cm³/mol. The van der Waals surface area contributed by atoms with Crippen molar-refractivity contribution in [3.05, 3.63) is 54.2 Å². The van der Waals surface area contributed by atoms with E-state index >= 15 is 0 Å². The van der Waals surface area contributed by atoms with Crippen LogP contribution in [0.25, 0.3) is 0 Å². The minimum atomic E-state index is -0.878. The van der Waals surface area contributed by atoms with Crippen molar-refractivity contribution < 1.29 is 14.3 Å². The summed E-state index contributed by atoms with van der Waals surface area (Å²) < 4.78 is 8.98. The first kappa shape index (κ1) is 18.7. The number of nitrogens with one attached hydrogen (secondary N) is 2. The first-order valence-electron chi connectivity index (χ1n) is 9.26. The Morgan fingerprint density at radius 2 is 2.14 bits per heavy atom. The number of hydrogen-bond acceptors (Lipinski definition) is 6. The van der Waals surface area contributed by atoms with E-state index in [-0.39, 0.29) is 24.4 Å². The Hall–Kier alpha value is -3.69. The molecular weight excluding hydrogens is 374 g/mol. The first-order chi connectivity index (χ1) is 14.0. The molecule has 1 aromatic carbocycles. The maximum Gasteiger partial charge on any atom is 0.291 e. The minimum Gasteiger partial charge on any atom is -0.474 e. The molecule has 29 heavy (non-hydrogen) atoms. The summed E-state index contributed by atoms with van der Waals surface area (Å²) in [5.74, 6) is -0.472. The molecule has 1 aliphatic rings. The number of rotatable bonds is 5. The van der Waals surface area contributed by atoms with Crippen LogP contribution >= 0.6 is 0 Å². The Kier molecular flexibility index (Phi) is 4.98. The number of aromatic nitrogens is 5. The quantitative estimate of drug-likeness (QED) is 0.671. The van der Waals surface area contributed by atoms with Gasteiger partial charge in [0.2, 0.25) is 11.7 Å². The molecule has 3 heterocycles. The number of carbonyl (C=O) groups is 2. The van der Waals surface area contributed by atoms with Crippen LogP contribution in [-0.2, 0) is 11.3 Å². The third-order valence-electron chi connectivity index (χ3n) is 4.43. The number of benzene rings is 1. The summed E-state index contributed by atoms with van der Waals surface area (Å²) >= 11 is 0. The summed E-state index contributed by atoms with van der Waals surface area (Å²) in [6, 6.07) is 8.91. The fourth-order valence-corrected chi connectivity index (χ4v) is 2.98. The molecule has 0 radical (unpaired) electrons. The normalized spacial score (nSPS) is 16.0. The molecule has 2 aromatic heterocycles. The first-order valence-corrected chi connectivity index (χ1v) is 9.26. The van der Waals surface area contributed by atoms with Crippen molar-refractivity contribution in [3.8, 4) is 5.88 Å². The lowest BCUT2D eigenvalue weighted by Crippen LogP contribution is -2.46. The van der Waals surface area contributed by atoms with Crippen LogP contribution in [0.2, 0.25) is 0 Å². The van der Waals surface area contributed by atoms with Crippen LogP contribution in [0, 0.1) is 0 Å². The third-order valence-corrected chi connectivity index (χ3v) is 4.43. The number of nitrogens with zero attached hydrogens (tertiary/aromatic N) is 5. The molecule has 150 valence electrons. The van der Waals surface area contributed by atoms with E-state index in [9.17, 15) is 9.59 Å². The van der Waals surface area contributed by atoms with Crippen LogP contribution in [0.1, 0.15) is 36.1 Å². The highest BCUT2D eigenvalue weighted by Gasteiger charge is 2.30. The lowest BCUT2D eigenvalue weighted by Gasteiger charge is -2.15. The topological polar surface area (TPSA) is 116 Å². The Bertz CT molecular complexity index is 1030. The maximum absolute atomic E-state index is 12.5. The highest BCUT2D eigenvalue weighted by Crippen LogP contribution is 2.29. The molecule has 0 saturated heterocycles. The molecule has 0 spiro atoms. The second-order valence-corrected chi connectivity index (χ2v) is 6.98. The number of fused-ring (bicyclic) bond motifs is 1. The Morgan fingerprint density at radius 3 is 2.90 bits per heavy atom. The van der Waals surface area contributed by atoms with E-state index in [1.54, 1.807) is 9.36 Å². The van der Waals surface area contributed by atoms with Crippen molar-refractivity contribution in [2.24, 2.45) is 0 Å². The Balaban J connectivity index is 1.42. The maximum atomic E-state index is 12.5. The smallest absolute Gasteiger partial charge is 0.291 e. The lowest BCUT2D eigenvalue weighted by molar-refractivity contribution is -0.118. The van der Waals surface area contributed by atoms with Crippen molar-refractivity contribution in [2.45, 2.75) is 32.5 Å². The Morgan fingerprint density at radius 1 is 1.34 bits per heavy atom. The van der Waals surface area contributed by atoms with E-state index in [4.69, 9.17) is 4.74 Å². The van der Waals surface area contributed by atoms with Gasteiger partial charge in [-0.3, -0.25) is 9.59 Å². The molecule has 0 fully saturated rings. The molecule has 1 atom stereocenters. The summed E-state index contributed by atoms with van der Waals surface area (Å²) in [5, 5.41) is 13.8. The van der Waals surface area contributed by atoms with E-state index < -0.39 is 11.9 Å². The Labute approximate surface area is 166 Å². The van der Waals surface area contributed by atoms with Crippen LogP contribution < -0.4 is 15.4 Å². The van der Waals surface area contributed by atoms with E-state index in [0.717, 1.165) is 5.56 Å². The van der Waals surface area contributed by atoms with E-state index in [1.165, 1.54) is 12.5 Å². The van der Waals surface area contributed by atoms with Gasteiger partial charge in [-0.15, -0.1) is 5.10 Å². The second kappa shape index (κ2) is 7.74. The van der Waals surface area contributed by atoms with E-state index in [2.05, 4.69) is 25.8 Å². The molecule has 4 rings (SSSR count). The average molecular weight is 395 g/mol. The molecule has 2 amide bonds. The van der Waals surface area contributed by atoms with Crippen molar-refractivity contribution in [2.75, 3.05) is 11.9 Å². The van der Waals surface area contributed by atoms with Gasteiger partial charge in [-0.1, -0.05) is 30.3 Å². The molecule has 0 aliphatic carbocycles. The number of hydrogen-bond donors (Lipinski definition) is 2. The highest BCUT2D eigenvalue weighted by atomic mass is 16.5. The summed E-state index contributed by atoms with van der Waals surface area (Å²) in [6.45, 7) is 4.39. The van der Waals surface area contributed by atoms with Crippen molar-refractivity contribution in [1.82, 2.24) is 29.9 Å². The zero-order chi connectivity index (χ0) is 20.4. The van der Waals surface area contributed by atoms with Crippen molar-refractivity contribution >= 4 is 17.5 Å². The minimum absolute atomic E-state index is 0.0103. The number of carbonyl (C=O) groups excluding carboxylic acids is 2. The van der Waals surface area contributed by atoms with Crippen molar-refractivity contribution in [3.63, 3.8) is 0 Å². The molecule has 10 nitrogen and oxygen atoms in total. The highest BCUT2D eigenvalue weighted by molar-refractivity contribution is 6.00. The van der Waals surface area contributed by atoms with Gasteiger partial charge in [0, 0.05) is 0 Å². The van der Waals surface area contributed by atoms with Gasteiger partial charge in [0.1, 0.15) is 24.7 Å². The van der Waals surface area contributed by atoms with Gasteiger partial charge in [-0.05, 0) is 19.4 Å². The molecule has 3 aromatic rings. The van der Waals surface area contributed by atoms with Crippen molar-refractivity contribution in [1.29, 1.82) is 0 Å². The van der Waals surface area contributed by atoms with Gasteiger partial charge in [0.15, 0.2) is 0 Å². The summed E-state index contributed by atoms with van der Waals surface area (Å²) in [5.41, 5.74) is 1.52. The fraction of sp³-hybridized carbons (Fsp3) is 0.316. The van der Waals surface area contributed by atoms with Gasteiger partial charge in [-0.2, -0.15) is 5.10 Å². The molecule has 0 saturated carbocycles. The second-order valence-electron chi connectivity index (χ2n) is 6.98. The zero-order valence-electron chi connectivity index (χ0n) is 16.1. The number of amides is 2. The van der Waals surface area contributed by atoms with E-state index in [0.29, 0.717) is 18.1 Å². The molecule has 2 N–H and O–H groups in total. The third kappa shape index (κ3) is 3.96. The SMILES string of the molecule is CC(C)n1ncc2c1OCC(NC(=O)c1ncn(Cc3ccccc3)n1)C(=O)N2. The monoisotopic (exact) mass is 395 g/mol. The van der Waals surface area contributed by atoms with Crippen LogP contribution in [0.15, 0.2) is 42.9 Å². The van der Waals surface area contributed by atoms with Gasteiger partial charge < -0.3 is 15.4 Å². The summed E-state index contributed by atoms with van der Waals surface area (Å²) in [7, 11) is 0. The van der Waals surface area contributed by atoms with Gasteiger partial charge in [-0.25, -0.2) is 14.3 Å². The molecule has 0 bridgehead atoms. The summed E-state index contributed by atoms with van der Waals surface area (Å²) in [6.07, 6.45) is 3.02. The molecular formula is C19H21N7O3. The zero-order valence-corrected chi connectivity index (χ0v) is 16.1. The molecule has 10 heteroatoms. The predicted octanol–water partition coefficient (Wildman–Crippen LogP) is 1.23. The fourth-order valence-electron chi connectivity index (χ4n) is 2.98. The average Bonchev–Trinajstić information content (AvgIpc) is 3.29. The van der Waals surface area contributed by atoms with Gasteiger partial charge in [0.25, 0.3) is 11.8 Å². The number of ether oxygens (including phenoxy) is 1. The van der Waals surface area contributed by atoms with Gasteiger partial charge in [0.05, 0.1) is 18.8 Å². The lowest BCUT2D eigenvalue weighted by atomic mass is 10.2. The number of anilines is 1. The van der Waals surface area contributed by atoms with E-state index in [1.807, 2.05) is 44.2 Å². The van der Waals surface area contributed by atoms with Gasteiger partial charge >= 0.3 is 0 Å². The largest absolute Gasteiger partial charge is 0.474 e. The molecule has 1 aliphatic heterocycles.